The van der Waals surface area contributed by atoms with Crippen LogP contribution < -0.4 is 10.5 Å². The summed E-state index contributed by atoms with van der Waals surface area (Å²) in [5.74, 6) is 0.185. The highest BCUT2D eigenvalue weighted by Crippen LogP contribution is 2.32. The second kappa shape index (κ2) is 4.59. The fourth-order valence-electron chi connectivity index (χ4n) is 1.55. The lowest BCUT2D eigenvalue weighted by molar-refractivity contribution is 0.155. The lowest BCUT2D eigenvalue weighted by Crippen LogP contribution is -2.33. The molecular weight excluding hydrogens is 242 g/mol. The lowest BCUT2D eigenvalue weighted by Gasteiger charge is -2.11. The Hall–Kier alpha value is -1.18. The topological polar surface area (TPSA) is 105 Å². The molecule has 1 atom stereocenters. The molecule has 0 radical (unpaired) electrons. The SMILES string of the molecule is Nc1ncccc1S(=O)(=O)NCC(O)C1CC1. The predicted octanol–water partition coefficient (Wildman–Crippen LogP) is -0.287. The Balaban J connectivity index is 2.05. The highest BCUT2D eigenvalue weighted by Gasteiger charge is 2.30. The quantitative estimate of drug-likeness (QED) is 0.672. The van der Waals surface area contributed by atoms with Crippen molar-refractivity contribution in [2.45, 2.75) is 23.8 Å². The molecule has 17 heavy (non-hydrogen) atoms. The van der Waals surface area contributed by atoms with Gasteiger partial charge in [0.05, 0.1) is 6.10 Å². The van der Waals surface area contributed by atoms with Crippen LogP contribution in [0.25, 0.3) is 0 Å². The molecule has 0 amide bonds. The van der Waals surface area contributed by atoms with E-state index in [1.165, 1.54) is 18.3 Å². The number of aliphatic hydroxyl groups is 1. The molecule has 4 N–H and O–H groups in total. The van der Waals surface area contributed by atoms with E-state index in [1.54, 1.807) is 0 Å². The zero-order chi connectivity index (χ0) is 12.5. The summed E-state index contributed by atoms with van der Waals surface area (Å²) in [5, 5.41) is 9.59. The van der Waals surface area contributed by atoms with Gasteiger partial charge in [-0.1, -0.05) is 0 Å². The minimum Gasteiger partial charge on any atom is -0.391 e. The van der Waals surface area contributed by atoms with E-state index in [4.69, 9.17) is 5.73 Å². The standard InChI is InChI=1S/C10H15N3O3S/c11-10-9(2-1-5-12-10)17(15,16)13-6-8(14)7-3-4-7/h1-2,5,7-8,13-14H,3-4,6H2,(H2,11,12). The number of nitrogens with zero attached hydrogens (tertiary/aromatic N) is 1. The molecule has 0 aliphatic heterocycles. The van der Waals surface area contributed by atoms with Gasteiger partial charge in [0, 0.05) is 12.7 Å². The minimum absolute atomic E-state index is 0.0152. The van der Waals surface area contributed by atoms with Crippen molar-refractivity contribution in [3.63, 3.8) is 0 Å². The maximum atomic E-state index is 11.9. The molecule has 1 aromatic heterocycles. The van der Waals surface area contributed by atoms with Gasteiger partial charge in [-0.2, -0.15) is 0 Å². The number of aromatic nitrogens is 1. The molecule has 0 spiro atoms. The van der Waals surface area contributed by atoms with Crippen LogP contribution in [0.1, 0.15) is 12.8 Å². The van der Waals surface area contributed by atoms with Crippen molar-refractivity contribution in [3.05, 3.63) is 18.3 Å². The maximum absolute atomic E-state index is 11.9. The molecular formula is C10H15N3O3S. The summed E-state index contributed by atoms with van der Waals surface area (Å²) < 4.78 is 26.1. The van der Waals surface area contributed by atoms with Crippen molar-refractivity contribution in [1.82, 2.24) is 9.71 Å². The fourth-order valence-corrected chi connectivity index (χ4v) is 2.68. The third-order valence-electron chi connectivity index (χ3n) is 2.74. The normalized spacial score (nSPS) is 17.9. The number of pyridine rings is 1. The summed E-state index contributed by atoms with van der Waals surface area (Å²) in [6.07, 6.45) is 2.71. The summed E-state index contributed by atoms with van der Waals surface area (Å²) >= 11 is 0. The zero-order valence-electron chi connectivity index (χ0n) is 9.20. The zero-order valence-corrected chi connectivity index (χ0v) is 10.0. The number of rotatable bonds is 5. The molecule has 1 aromatic rings. The average molecular weight is 257 g/mol. The van der Waals surface area contributed by atoms with E-state index in [2.05, 4.69) is 9.71 Å². The minimum atomic E-state index is -3.69. The smallest absolute Gasteiger partial charge is 0.244 e. The molecule has 2 rings (SSSR count). The first-order valence-electron chi connectivity index (χ1n) is 5.39. The molecule has 0 saturated heterocycles. The summed E-state index contributed by atoms with van der Waals surface area (Å²) in [4.78, 5) is 3.66. The van der Waals surface area contributed by atoms with E-state index in [0.29, 0.717) is 0 Å². The van der Waals surface area contributed by atoms with Gasteiger partial charge < -0.3 is 10.8 Å². The van der Waals surface area contributed by atoms with Crippen LogP contribution in [-0.4, -0.2) is 31.2 Å². The Labute approximate surface area is 99.9 Å². The predicted molar refractivity (Wildman–Crippen MR) is 62.6 cm³/mol. The number of anilines is 1. The number of hydrogen-bond acceptors (Lipinski definition) is 5. The van der Waals surface area contributed by atoms with Gasteiger partial charge in [-0.3, -0.25) is 0 Å². The first-order chi connectivity index (χ1) is 8.00. The Morgan fingerprint density at radius 2 is 2.29 bits per heavy atom. The van der Waals surface area contributed by atoms with Crippen molar-refractivity contribution in [1.29, 1.82) is 0 Å². The second-order valence-electron chi connectivity index (χ2n) is 4.14. The molecule has 1 aliphatic rings. The van der Waals surface area contributed by atoms with Crippen molar-refractivity contribution >= 4 is 15.8 Å². The van der Waals surface area contributed by atoms with Gasteiger partial charge in [0.1, 0.15) is 10.7 Å². The van der Waals surface area contributed by atoms with Crippen LogP contribution in [0.2, 0.25) is 0 Å². The largest absolute Gasteiger partial charge is 0.391 e. The van der Waals surface area contributed by atoms with E-state index in [0.717, 1.165) is 12.8 Å². The number of hydrogen-bond donors (Lipinski definition) is 3. The molecule has 1 heterocycles. The van der Waals surface area contributed by atoms with Gasteiger partial charge in [0.25, 0.3) is 0 Å². The molecule has 1 fully saturated rings. The first-order valence-corrected chi connectivity index (χ1v) is 6.87. The van der Waals surface area contributed by atoms with E-state index in [9.17, 15) is 13.5 Å². The van der Waals surface area contributed by atoms with Gasteiger partial charge in [-0.05, 0) is 30.9 Å². The second-order valence-corrected chi connectivity index (χ2v) is 5.88. The molecule has 1 unspecified atom stereocenters. The third kappa shape index (κ3) is 2.93. The molecule has 6 nitrogen and oxygen atoms in total. The first kappa shape index (κ1) is 12.3. The van der Waals surface area contributed by atoms with Crippen LogP contribution in [0.5, 0.6) is 0 Å². The van der Waals surface area contributed by atoms with Crippen LogP contribution in [0.15, 0.2) is 23.2 Å². The number of nitrogen functional groups attached to an aromatic ring is 1. The highest BCUT2D eigenvalue weighted by molar-refractivity contribution is 7.89. The van der Waals surface area contributed by atoms with Crippen molar-refractivity contribution in [2.24, 2.45) is 5.92 Å². The van der Waals surface area contributed by atoms with Crippen LogP contribution >= 0.6 is 0 Å². The van der Waals surface area contributed by atoms with Crippen LogP contribution in [0, 0.1) is 5.92 Å². The Morgan fingerprint density at radius 1 is 1.59 bits per heavy atom. The third-order valence-corrected chi connectivity index (χ3v) is 4.21. The van der Waals surface area contributed by atoms with Crippen molar-refractivity contribution in [3.8, 4) is 0 Å². The van der Waals surface area contributed by atoms with E-state index < -0.39 is 16.1 Å². The summed E-state index contributed by atoms with van der Waals surface area (Å²) in [7, 11) is -3.69. The average Bonchev–Trinajstić information content (AvgIpc) is 3.10. The van der Waals surface area contributed by atoms with Gasteiger partial charge in [0.15, 0.2) is 0 Å². The Kier molecular flexibility index (Phi) is 3.32. The monoisotopic (exact) mass is 257 g/mol. The van der Waals surface area contributed by atoms with Gasteiger partial charge in [0.2, 0.25) is 10.0 Å². The fraction of sp³-hybridized carbons (Fsp3) is 0.500. The number of nitrogens with two attached hydrogens (primary N) is 1. The summed E-state index contributed by atoms with van der Waals surface area (Å²) in [6.45, 7) is 0.0152. The molecule has 1 saturated carbocycles. The maximum Gasteiger partial charge on any atom is 0.244 e. The van der Waals surface area contributed by atoms with Crippen LogP contribution in [0.4, 0.5) is 5.82 Å². The number of aliphatic hydroxyl groups excluding tert-OH is 1. The van der Waals surface area contributed by atoms with Crippen LogP contribution in [-0.2, 0) is 10.0 Å². The molecule has 7 heteroatoms. The van der Waals surface area contributed by atoms with Crippen LogP contribution in [0.3, 0.4) is 0 Å². The lowest BCUT2D eigenvalue weighted by atomic mass is 10.2. The van der Waals surface area contributed by atoms with Gasteiger partial charge >= 0.3 is 0 Å². The Bertz CT molecular complexity index is 499. The van der Waals surface area contributed by atoms with Gasteiger partial charge in [-0.25, -0.2) is 18.1 Å². The van der Waals surface area contributed by atoms with Crippen molar-refractivity contribution in [2.75, 3.05) is 12.3 Å². The molecule has 1 aliphatic carbocycles. The molecule has 0 bridgehead atoms. The highest BCUT2D eigenvalue weighted by atomic mass is 32.2. The van der Waals surface area contributed by atoms with Gasteiger partial charge in [-0.15, -0.1) is 0 Å². The molecule has 0 aromatic carbocycles. The molecule has 94 valence electrons. The number of sulfonamides is 1. The summed E-state index contributed by atoms with van der Waals surface area (Å²) in [6, 6.07) is 2.89. The van der Waals surface area contributed by atoms with Crippen molar-refractivity contribution < 1.29 is 13.5 Å². The Morgan fingerprint density at radius 3 is 2.88 bits per heavy atom. The summed E-state index contributed by atoms with van der Waals surface area (Å²) in [5.41, 5.74) is 5.49. The van der Waals surface area contributed by atoms with E-state index in [-0.39, 0.29) is 23.2 Å². The van der Waals surface area contributed by atoms with E-state index in [1.807, 2.05) is 0 Å². The number of nitrogens with one attached hydrogen (secondary N) is 1. The van der Waals surface area contributed by atoms with E-state index >= 15 is 0 Å².